The molecule has 156 valence electrons. The van der Waals surface area contributed by atoms with Crippen molar-refractivity contribution in [3.05, 3.63) is 58.4 Å². The summed E-state index contributed by atoms with van der Waals surface area (Å²) in [6, 6.07) is 11.6. The normalized spacial score (nSPS) is 13.5. The lowest BCUT2D eigenvalue weighted by atomic mass is 10.0. The summed E-state index contributed by atoms with van der Waals surface area (Å²) in [4.78, 5) is 26.8. The molecule has 0 spiro atoms. The maximum absolute atomic E-state index is 12.7. The van der Waals surface area contributed by atoms with Crippen LogP contribution in [0.1, 0.15) is 42.3 Å². The number of nitrogens with zero attached hydrogens (tertiary/aromatic N) is 3. The number of hydrogen-bond donors (Lipinski definition) is 0. The average Bonchev–Trinajstić information content (AvgIpc) is 3.02. The van der Waals surface area contributed by atoms with Crippen LogP contribution >= 0.6 is 0 Å². The van der Waals surface area contributed by atoms with Gasteiger partial charge in [-0.25, -0.2) is 4.79 Å². The van der Waals surface area contributed by atoms with E-state index in [1.165, 1.54) is 6.08 Å². The van der Waals surface area contributed by atoms with Crippen LogP contribution in [-0.4, -0.2) is 29.6 Å². The van der Waals surface area contributed by atoms with Crippen LogP contribution < -0.4 is 4.90 Å². The first kappa shape index (κ1) is 21.4. The minimum absolute atomic E-state index is 0.112. The highest BCUT2D eigenvalue weighted by Gasteiger charge is 2.24. The van der Waals surface area contributed by atoms with E-state index >= 15 is 0 Å². The highest BCUT2D eigenvalue weighted by atomic mass is 16.5. The number of carbonyl (C=O) groups excluding carboxylic acids is 2. The second kappa shape index (κ2) is 9.45. The quantitative estimate of drug-likeness (QED) is 0.414. The third-order valence-corrected chi connectivity index (χ3v) is 5.44. The smallest absolute Gasteiger partial charge is 0.349 e. The Hall–Kier alpha value is -3.33. The van der Waals surface area contributed by atoms with E-state index < -0.39 is 5.97 Å². The van der Waals surface area contributed by atoms with Gasteiger partial charge in [0.05, 0.1) is 0 Å². The number of fused-ring (bicyclic) bond motifs is 1. The minimum Gasteiger partial charge on any atom is -0.451 e. The highest BCUT2D eigenvalue weighted by molar-refractivity contribution is 6.01. The Morgan fingerprint density at radius 2 is 2.03 bits per heavy atom. The molecule has 0 atom stereocenters. The van der Waals surface area contributed by atoms with Crippen molar-refractivity contribution in [1.82, 2.24) is 4.57 Å². The first-order valence-corrected chi connectivity index (χ1v) is 10.3. The summed E-state index contributed by atoms with van der Waals surface area (Å²) in [7, 11) is 0. The van der Waals surface area contributed by atoms with Gasteiger partial charge in [0, 0.05) is 30.2 Å². The number of aryl methyl sites for hydroxylation is 2. The summed E-state index contributed by atoms with van der Waals surface area (Å²) in [6.45, 7) is 7.15. The molecule has 1 aliphatic rings. The van der Waals surface area contributed by atoms with Gasteiger partial charge in [0.25, 0.3) is 5.91 Å². The van der Waals surface area contributed by atoms with Crippen molar-refractivity contribution >= 4 is 23.6 Å². The molecule has 6 heteroatoms. The van der Waals surface area contributed by atoms with Gasteiger partial charge in [-0.15, -0.1) is 0 Å². The van der Waals surface area contributed by atoms with Crippen LogP contribution in [0.5, 0.6) is 0 Å². The predicted octanol–water partition coefficient (Wildman–Crippen LogP) is 3.94. The van der Waals surface area contributed by atoms with Gasteiger partial charge < -0.3 is 14.2 Å². The van der Waals surface area contributed by atoms with Crippen LogP contribution in [0, 0.1) is 25.2 Å². The fraction of sp³-hybridized carbons (Fsp3) is 0.375. The van der Waals surface area contributed by atoms with Crippen molar-refractivity contribution in [3.63, 3.8) is 0 Å². The molecule has 0 fully saturated rings. The number of para-hydroxylation sites is 1. The zero-order valence-electron chi connectivity index (χ0n) is 17.8. The number of carbonyl (C=O) groups is 2. The van der Waals surface area contributed by atoms with Crippen molar-refractivity contribution in [3.8, 4) is 6.07 Å². The number of anilines is 1. The Labute approximate surface area is 177 Å². The zero-order valence-corrected chi connectivity index (χ0v) is 17.8. The van der Waals surface area contributed by atoms with E-state index in [4.69, 9.17) is 4.74 Å². The molecule has 0 aliphatic carbocycles. The van der Waals surface area contributed by atoms with E-state index in [0.717, 1.165) is 54.0 Å². The molecular weight excluding hydrogens is 378 g/mol. The number of ether oxygens (including phenoxy) is 1. The molecule has 30 heavy (non-hydrogen) atoms. The molecule has 1 aromatic carbocycles. The molecule has 0 unspecified atom stereocenters. The number of benzene rings is 1. The third kappa shape index (κ3) is 4.46. The predicted molar refractivity (Wildman–Crippen MR) is 116 cm³/mol. The maximum Gasteiger partial charge on any atom is 0.349 e. The van der Waals surface area contributed by atoms with E-state index in [1.807, 2.05) is 50.2 Å². The number of aromatic nitrogens is 1. The number of esters is 1. The second-order valence-corrected chi connectivity index (χ2v) is 7.50. The lowest BCUT2D eigenvalue weighted by Gasteiger charge is -2.29. The van der Waals surface area contributed by atoms with Crippen LogP contribution in [0.2, 0.25) is 0 Å². The third-order valence-electron chi connectivity index (χ3n) is 5.44. The van der Waals surface area contributed by atoms with Crippen molar-refractivity contribution in [2.75, 3.05) is 18.1 Å². The second-order valence-electron chi connectivity index (χ2n) is 7.50. The summed E-state index contributed by atoms with van der Waals surface area (Å²) in [5, 5.41) is 9.45. The van der Waals surface area contributed by atoms with Gasteiger partial charge in [0.15, 0.2) is 6.61 Å². The fourth-order valence-electron chi connectivity index (χ4n) is 3.91. The SMILES string of the molecule is CCCn1c(C)cc(/C=C(/C#N)C(=O)OCC(=O)N2CCCc3ccccc32)c1C. The minimum atomic E-state index is -0.781. The van der Waals surface area contributed by atoms with Crippen molar-refractivity contribution in [1.29, 1.82) is 5.26 Å². The van der Waals surface area contributed by atoms with Crippen molar-refractivity contribution < 1.29 is 14.3 Å². The molecule has 0 N–H and O–H groups in total. The molecule has 3 rings (SSSR count). The number of amides is 1. The summed E-state index contributed by atoms with van der Waals surface area (Å²) >= 11 is 0. The molecule has 1 amide bonds. The molecule has 1 aromatic heterocycles. The van der Waals surface area contributed by atoms with Gasteiger partial charge in [0.2, 0.25) is 0 Å². The molecular formula is C24H27N3O3. The molecule has 2 heterocycles. The number of nitriles is 1. The van der Waals surface area contributed by atoms with Crippen molar-refractivity contribution in [2.24, 2.45) is 0 Å². The summed E-state index contributed by atoms with van der Waals surface area (Å²) in [5.41, 5.74) is 4.75. The van der Waals surface area contributed by atoms with Gasteiger partial charge in [0.1, 0.15) is 11.6 Å². The summed E-state index contributed by atoms with van der Waals surface area (Å²) in [6.07, 6.45) is 4.33. The summed E-state index contributed by atoms with van der Waals surface area (Å²) < 4.78 is 7.35. The van der Waals surface area contributed by atoms with E-state index in [9.17, 15) is 14.9 Å². The maximum atomic E-state index is 12.7. The molecule has 0 bridgehead atoms. The van der Waals surface area contributed by atoms with Crippen LogP contribution in [0.4, 0.5) is 5.69 Å². The highest BCUT2D eigenvalue weighted by Crippen LogP contribution is 2.26. The van der Waals surface area contributed by atoms with E-state index in [-0.39, 0.29) is 18.1 Å². The van der Waals surface area contributed by atoms with E-state index in [2.05, 4.69) is 11.5 Å². The Morgan fingerprint density at radius 1 is 1.27 bits per heavy atom. The molecule has 0 saturated heterocycles. The van der Waals surface area contributed by atoms with Gasteiger partial charge in [-0.1, -0.05) is 25.1 Å². The van der Waals surface area contributed by atoms with E-state index in [1.54, 1.807) is 4.90 Å². The molecule has 2 aromatic rings. The number of hydrogen-bond acceptors (Lipinski definition) is 4. The average molecular weight is 405 g/mol. The first-order chi connectivity index (χ1) is 14.5. The Balaban J connectivity index is 1.70. The first-order valence-electron chi connectivity index (χ1n) is 10.3. The van der Waals surface area contributed by atoms with Crippen LogP contribution in [0.15, 0.2) is 35.9 Å². The van der Waals surface area contributed by atoms with Crippen LogP contribution in [0.3, 0.4) is 0 Å². The van der Waals surface area contributed by atoms with Crippen LogP contribution in [0.25, 0.3) is 6.08 Å². The topological polar surface area (TPSA) is 75.3 Å². The van der Waals surface area contributed by atoms with Gasteiger partial charge in [-0.2, -0.15) is 5.26 Å². The Bertz CT molecular complexity index is 1030. The fourth-order valence-corrected chi connectivity index (χ4v) is 3.91. The van der Waals surface area contributed by atoms with Crippen molar-refractivity contribution in [2.45, 2.75) is 46.6 Å². The number of rotatable bonds is 6. The van der Waals surface area contributed by atoms with Gasteiger partial charge >= 0.3 is 5.97 Å². The standard InChI is InChI=1S/C24H27N3O3/c1-4-11-26-17(2)13-20(18(26)3)14-21(15-25)24(29)30-16-23(28)27-12-7-9-19-8-5-6-10-22(19)27/h5-6,8,10,13-14H,4,7,9,11-12,16H2,1-3H3/b21-14-. The molecule has 0 saturated carbocycles. The lowest BCUT2D eigenvalue weighted by Crippen LogP contribution is -2.38. The molecule has 1 aliphatic heterocycles. The van der Waals surface area contributed by atoms with Crippen LogP contribution in [-0.2, 0) is 27.3 Å². The molecule has 6 nitrogen and oxygen atoms in total. The Morgan fingerprint density at radius 3 is 2.77 bits per heavy atom. The van der Waals surface area contributed by atoms with Gasteiger partial charge in [-0.3, -0.25) is 4.79 Å². The monoisotopic (exact) mass is 405 g/mol. The largest absolute Gasteiger partial charge is 0.451 e. The Kier molecular flexibility index (Phi) is 6.73. The summed E-state index contributed by atoms with van der Waals surface area (Å²) in [5.74, 6) is -1.06. The van der Waals surface area contributed by atoms with E-state index in [0.29, 0.717) is 6.54 Å². The molecule has 0 radical (unpaired) electrons. The zero-order chi connectivity index (χ0) is 21.7. The van der Waals surface area contributed by atoms with Gasteiger partial charge in [-0.05, 0) is 62.4 Å². The lowest BCUT2D eigenvalue weighted by molar-refractivity contribution is -0.143.